The van der Waals surface area contributed by atoms with Gasteiger partial charge in [-0.1, -0.05) is 12.1 Å². The second-order valence-corrected chi connectivity index (χ2v) is 7.86. The minimum Gasteiger partial charge on any atom is -0.361 e. The van der Waals surface area contributed by atoms with Gasteiger partial charge in [0.15, 0.2) is 0 Å². The second kappa shape index (κ2) is 6.95. The molecule has 26 heavy (non-hydrogen) atoms. The number of aromatic amines is 1. The van der Waals surface area contributed by atoms with Crippen molar-refractivity contribution in [2.75, 3.05) is 33.2 Å². The van der Waals surface area contributed by atoms with E-state index in [9.17, 15) is 4.79 Å². The molecule has 2 aliphatic rings. The fourth-order valence-corrected chi connectivity index (χ4v) is 5.06. The van der Waals surface area contributed by atoms with E-state index in [-0.39, 0.29) is 6.03 Å². The van der Waals surface area contributed by atoms with Gasteiger partial charge in [-0.2, -0.15) is 0 Å². The molecule has 5 heteroatoms. The number of nitrogens with one attached hydrogen (secondary N) is 2. The van der Waals surface area contributed by atoms with Crippen LogP contribution in [0.3, 0.4) is 0 Å². The predicted molar refractivity (Wildman–Crippen MR) is 106 cm³/mol. The third-order valence-electron chi connectivity index (χ3n) is 6.40. The van der Waals surface area contributed by atoms with Crippen LogP contribution in [0.4, 0.5) is 4.79 Å². The quantitative estimate of drug-likeness (QED) is 0.886. The number of aromatic nitrogens is 1. The monoisotopic (exact) mass is 354 g/mol. The molecular formula is C21H30N4O. The zero-order chi connectivity index (χ0) is 18.3. The number of carbonyl (C=O) groups is 1. The number of rotatable bonds is 4. The van der Waals surface area contributed by atoms with Crippen molar-refractivity contribution in [2.24, 2.45) is 5.92 Å². The van der Waals surface area contributed by atoms with E-state index in [0.29, 0.717) is 17.9 Å². The van der Waals surface area contributed by atoms with Crippen LogP contribution in [-0.2, 0) is 6.42 Å². The van der Waals surface area contributed by atoms with Crippen molar-refractivity contribution < 1.29 is 4.79 Å². The normalized spacial score (nSPS) is 25.1. The minimum absolute atomic E-state index is 0.0680. The summed E-state index contributed by atoms with van der Waals surface area (Å²) in [5, 5.41) is 4.60. The van der Waals surface area contributed by atoms with Crippen molar-refractivity contribution in [1.29, 1.82) is 0 Å². The smallest absolute Gasteiger partial charge is 0.317 e. The maximum absolute atomic E-state index is 12.3. The highest BCUT2D eigenvalue weighted by Crippen LogP contribution is 2.44. The number of piperidine rings is 1. The van der Waals surface area contributed by atoms with Gasteiger partial charge in [-0.05, 0) is 56.8 Å². The van der Waals surface area contributed by atoms with Crippen LogP contribution in [0.25, 0.3) is 10.9 Å². The van der Waals surface area contributed by atoms with Crippen LogP contribution in [0.2, 0.25) is 0 Å². The second-order valence-electron chi connectivity index (χ2n) is 7.86. The van der Waals surface area contributed by atoms with Gasteiger partial charge in [0.2, 0.25) is 0 Å². The molecule has 0 saturated carbocycles. The first-order valence-electron chi connectivity index (χ1n) is 9.94. The Morgan fingerprint density at radius 2 is 2.15 bits per heavy atom. The zero-order valence-electron chi connectivity index (χ0n) is 16.1. The fraction of sp³-hybridized carbons (Fsp3) is 0.571. The molecule has 1 aromatic carbocycles. The van der Waals surface area contributed by atoms with Gasteiger partial charge < -0.3 is 20.1 Å². The van der Waals surface area contributed by atoms with E-state index in [1.807, 2.05) is 18.7 Å². The largest absolute Gasteiger partial charge is 0.361 e. The van der Waals surface area contributed by atoms with Crippen LogP contribution < -0.4 is 5.32 Å². The molecule has 2 heterocycles. The van der Waals surface area contributed by atoms with E-state index >= 15 is 0 Å². The standard InChI is InChI=1S/C21H30N4O/c1-4-25(5-2)21(26)23-11-14-9-17-16-7-6-8-18-20(16)15(12-22-18)10-19(17)24(3)13-14/h6-8,12,14,17,19,22H,4-5,9-11,13H2,1-3H3,(H,23,26)/t14-,17?,19+/m0/s1. The Kier molecular flexibility index (Phi) is 4.65. The van der Waals surface area contributed by atoms with Crippen LogP contribution in [0.1, 0.15) is 37.3 Å². The Labute approximate surface area is 155 Å². The third-order valence-corrected chi connectivity index (χ3v) is 6.40. The number of hydrogen-bond acceptors (Lipinski definition) is 2. The topological polar surface area (TPSA) is 51.4 Å². The Balaban J connectivity index is 1.51. The molecule has 0 bridgehead atoms. The predicted octanol–water partition coefficient (Wildman–Crippen LogP) is 3.18. The summed E-state index contributed by atoms with van der Waals surface area (Å²) in [7, 11) is 2.24. The SMILES string of the molecule is CCN(CC)C(=O)NC[C@@H]1CC2c3cccc4[nH]cc(c34)C[C@H]2N(C)C1. The van der Waals surface area contributed by atoms with Crippen molar-refractivity contribution in [3.63, 3.8) is 0 Å². The number of likely N-dealkylation sites (tertiary alicyclic amines) is 1. The summed E-state index contributed by atoms with van der Waals surface area (Å²) >= 11 is 0. The number of nitrogens with zero attached hydrogens (tertiary/aromatic N) is 2. The molecule has 2 aromatic rings. The maximum Gasteiger partial charge on any atom is 0.317 e. The summed E-state index contributed by atoms with van der Waals surface area (Å²) in [5.74, 6) is 1.05. The van der Waals surface area contributed by atoms with Crippen molar-refractivity contribution in [3.05, 3.63) is 35.5 Å². The molecule has 2 amide bonds. The molecule has 1 aromatic heterocycles. The zero-order valence-corrected chi connectivity index (χ0v) is 16.1. The molecule has 0 spiro atoms. The summed E-state index contributed by atoms with van der Waals surface area (Å²) in [6, 6.07) is 7.29. The number of carbonyl (C=O) groups excluding carboxylic acids is 1. The van der Waals surface area contributed by atoms with Crippen LogP contribution >= 0.6 is 0 Å². The summed E-state index contributed by atoms with van der Waals surface area (Å²) < 4.78 is 0. The number of amides is 2. The van der Waals surface area contributed by atoms with Crippen molar-refractivity contribution >= 4 is 16.9 Å². The van der Waals surface area contributed by atoms with Crippen molar-refractivity contribution in [2.45, 2.75) is 38.6 Å². The highest BCUT2D eigenvalue weighted by Gasteiger charge is 2.39. The van der Waals surface area contributed by atoms with E-state index in [1.54, 1.807) is 0 Å². The number of fused-ring (bicyclic) bond motifs is 2. The van der Waals surface area contributed by atoms with Gasteiger partial charge in [0, 0.05) is 55.2 Å². The third kappa shape index (κ3) is 2.88. The van der Waals surface area contributed by atoms with Gasteiger partial charge in [-0.3, -0.25) is 0 Å². The highest BCUT2D eigenvalue weighted by molar-refractivity contribution is 5.88. The molecule has 1 aliphatic heterocycles. The van der Waals surface area contributed by atoms with Gasteiger partial charge in [0.05, 0.1) is 0 Å². The first-order chi connectivity index (χ1) is 12.6. The number of H-pyrrole nitrogens is 1. The van der Waals surface area contributed by atoms with Gasteiger partial charge in [0.1, 0.15) is 0 Å². The molecule has 4 rings (SSSR count). The lowest BCUT2D eigenvalue weighted by molar-refractivity contribution is 0.110. The molecule has 2 N–H and O–H groups in total. The van der Waals surface area contributed by atoms with E-state index in [4.69, 9.17) is 0 Å². The lowest BCUT2D eigenvalue weighted by atomic mass is 9.72. The molecule has 1 unspecified atom stereocenters. The van der Waals surface area contributed by atoms with Gasteiger partial charge in [0.25, 0.3) is 0 Å². The van der Waals surface area contributed by atoms with E-state index in [0.717, 1.165) is 39.0 Å². The average molecular weight is 354 g/mol. The van der Waals surface area contributed by atoms with Gasteiger partial charge >= 0.3 is 6.03 Å². The van der Waals surface area contributed by atoms with E-state index in [2.05, 4.69) is 46.6 Å². The molecule has 1 fully saturated rings. The Morgan fingerprint density at radius 1 is 1.35 bits per heavy atom. The molecule has 0 radical (unpaired) electrons. The van der Waals surface area contributed by atoms with Crippen LogP contribution in [0.5, 0.6) is 0 Å². The first-order valence-corrected chi connectivity index (χ1v) is 9.94. The summed E-state index contributed by atoms with van der Waals surface area (Å²) in [5.41, 5.74) is 4.20. The lowest BCUT2D eigenvalue weighted by Crippen LogP contribution is -2.51. The van der Waals surface area contributed by atoms with Crippen molar-refractivity contribution in [1.82, 2.24) is 20.1 Å². The Hall–Kier alpha value is -2.01. The van der Waals surface area contributed by atoms with Crippen LogP contribution in [0, 0.1) is 5.92 Å². The minimum atomic E-state index is 0.0680. The first kappa shape index (κ1) is 17.4. The van der Waals surface area contributed by atoms with E-state index in [1.165, 1.54) is 22.0 Å². The van der Waals surface area contributed by atoms with Gasteiger partial charge in [-0.15, -0.1) is 0 Å². The molecule has 140 valence electrons. The van der Waals surface area contributed by atoms with Crippen LogP contribution in [0.15, 0.2) is 24.4 Å². The number of benzene rings is 1. The summed E-state index contributed by atoms with van der Waals surface area (Å²) in [4.78, 5) is 20.1. The van der Waals surface area contributed by atoms with Crippen LogP contribution in [-0.4, -0.2) is 60.1 Å². The van der Waals surface area contributed by atoms with Gasteiger partial charge in [-0.25, -0.2) is 4.79 Å². The number of urea groups is 1. The number of hydrogen-bond donors (Lipinski definition) is 2. The maximum atomic E-state index is 12.3. The molecule has 5 nitrogen and oxygen atoms in total. The number of likely N-dealkylation sites (N-methyl/N-ethyl adjacent to an activating group) is 1. The Bertz CT molecular complexity index is 794. The highest BCUT2D eigenvalue weighted by atomic mass is 16.2. The lowest BCUT2D eigenvalue weighted by Gasteiger charge is -2.45. The molecule has 1 saturated heterocycles. The molecule has 3 atom stereocenters. The molecule has 1 aliphatic carbocycles. The molecular weight excluding hydrogens is 324 g/mol. The average Bonchev–Trinajstić information content (AvgIpc) is 3.06. The fourth-order valence-electron chi connectivity index (χ4n) is 5.06. The van der Waals surface area contributed by atoms with Crippen molar-refractivity contribution in [3.8, 4) is 0 Å². The summed E-state index contributed by atoms with van der Waals surface area (Å²) in [6.45, 7) is 7.39. The summed E-state index contributed by atoms with van der Waals surface area (Å²) in [6.07, 6.45) is 4.46. The Morgan fingerprint density at radius 3 is 2.92 bits per heavy atom. The van der Waals surface area contributed by atoms with E-state index < -0.39 is 0 Å².